The van der Waals surface area contributed by atoms with Gasteiger partial charge in [0.15, 0.2) is 0 Å². The predicted molar refractivity (Wildman–Crippen MR) is 73.5 cm³/mol. The van der Waals surface area contributed by atoms with E-state index >= 15 is 0 Å². The van der Waals surface area contributed by atoms with E-state index in [0.717, 1.165) is 5.75 Å². The minimum absolute atomic E-state index is 0.131. The molecule has 100 valence electrons. The summed E-state index contributed by atoms with van der Waals surface area (Å²) in [4.78, 5) is 15.6. The van der Waals surface area contributed by atoms with Gasteiger partial charge in [0, 0.05) is 18.1 Å². The fourth-order valence-corrected chi connectivity index (χ4v) is 1.76. The third kappa shape index (κ3) is 3.72. The van der Waals surface area contributed by atoms with Gasteiger partial charge >= 0.3 is 0 Å². The Morgan fingerprint density at radius 2 is 2.16 bits per heavy atom. The average molecular weight is 280 g/mol. The fraction of sp³-hybridized carbons (Fsp3) is 0.231. The zero-order chi connectivity index (χ0) is 13.7. The first-order chi connectivity index (χ1) is 9.19. The van der Waals surface area contributed by atoms with Gasteiger partial charge in [-0.2, -0.15) is 0 Å². The molecule has 5 nitrogen and oxygen atoms in total. The molecule has 0 aliphatic heterocycles. The van der Waals surface area contributed by atoms with Crippen molar-refractivity contribution in [3.63, 3.8) is 0 Å². The number of hydrogen-bond acceptors (Lipinski definition) is 3. The number of imidazole rings is 1. The second-order valence-corrected chi connectivity index (χ2v) is 4.17. The molecule has 6 heteroatoms. The molecular formula is C13H14ClN3O2. The number of carbonyl (C=O) groups excluding carboxylic acids is 1. The lowest BCUT2D eigenvalue weighted by Gasteiger charge is -2.08. The molecule has 0 spiro atoms. The average Bonchev–Trinajstić information content (AvgIpc) is 2.78. The van der Waals surface area contributed by atoms with Crippen LogP contribution in [-0.2, 0) is 11.3 Å². The lowest BCUT2D eigenvalue weighted by atomic mass is 10.3. The van der Waals surface area contributed by atoms with Gasteiger partial charge in [-0.05, 0) is 42.8 Å². The highest BCUT2D eigenvalue weighted by molar-refractivity contribution is 6.28. The Morgan fingerprint density at radius 3 is 2.74 bits per heavy atom. The second kappa shape index (κ2) is 6.24. The van der Waals surface area contributed by atoms with Crippen molar-refractivity contribution < 1.29 is 9.53 Å². The molecule has 0 radical (unpaired) electrons. The van der Waals surface area contributed by atoms with Crippen LogP contribution in [0.4, 0.5) is 5.69 Å². The third-order valence-electron chi connectivity index (χ3n) is 2.43. The van der Waals surface area contributed by atoms with Crippen molar-refractivity contribution in [2.24, 2.45) is 0 Å². The van der Waals surface area contributed by atoms with Crippen LogP contribution in [0.3, 0.4) is 0 Å². The first-order valence-electron chi connectivity index (χ1n) is 5.88. The smallest absolute Gasteiger partial charge is 0.244 e. The molecule has 0 bridgehead atoms. The van der Waals surface area contributed by atoms with Crippen molar-refractivity contribution in [1.82, 2.24) is 9.55 Å². The summed E-state index contributed by atoms with van der Waals surface area (Å²) in [5, 5.41) is 3.07. The van der Waals surface area contributed by atoms with E-state index in [1.54, 1.807) is 29.1 Å². The summed E-state index contributed by atoms with van der Waals surface area (Å²) in [6.07, 6.45) is 3.20. The molecule has 0 atom stereocenters. The summed E-state index contributed by atoms with van der Waals surface area (Å²) < 4.78 is 6.89. The van der Waals surface area contributed by atoms with E-state index in [2.05, 4.69) is 10.3 Å². The molecule has 1 amide bonds. The van der Waals surface area contributed by atoms with Gasteiger partial charge in [0.2, 0.25) is 11.2 Å². The summed E-state index contributed by atoms with van der Waals surface area (Å²) >= 11 is 5.80. The van der Waals surface area contributed by atoms with Crippen LogP contribution in [0.5, 0.6) is 5.75 Å². The van der Waals surface area contributed by atoms with E-state index in [4.69, 9.17) is 16.3 Å². The monoisotopic (exact) mass is 279 g/mol. The zero-order valence-corrected chi connectivity index (χ0v) is 11.2. The van der Waals surface area contributed by atoms with E-state index in [9.17, 15) is 4.79 Å². The Kier molecular flexibility index (Phi) is 4.41. The predicted octanol–water partition coefficient (Wildman–Crippen LogP) is 2.57. The van der Waals surface area contributed by atoms with Crippen LogP contribution in [0.2, 0.25) is 5.28 Å². The number of anilines is 1. The largest absolute Gasteiger partial charge is 0.494 e. The number of benzene rings is 1. The number of nitrogens with zero attached hydrogens (tertiary/aromatic N) is 2. The number of hydrogen-bond donors (Lipinski definition) is 1. The van der Waals surface area contributed by atoms with Crippen molar-refractivity contribution in [2.45, 2.75) is 13.5 Å². The topological polar surface area (TPSA) is 56.1 Å². The van der Waals surface area contributed by atoms with Crippen molar-refractivity contribution in [1.29, 1.82) is 0 Å². The van der Waals surface area contributed by atoms with Crippen LogP contribution in [0.15, 0.2) is 36.7 Å². The van der Waals surface area contributed by atoms with Crippen molar-refractivity contribution >= 4 is 23.2 Å². The maximum atomic E-state index is 11.8. The second-order valence-electron chi connectivity index (χ2n) is 3.83. The molecule has 0 aliphatic carbocycles. The number of halogens is 1. The maximum Gasteiger partial charge on any atom is 0.244 e. The minimum atomic E-state index is -0.163. The van der Waals surface area contributed by atoms with Gasteiger partial charge in [0.25, 0.3) is 0 Å². The number of rotatable bonds is 5. The number of ether oxygens (including phenoxy) is 1. The highest BCUT2D eigenvalue weighted by Crippen LogP contribution is 2.15. The van der Waals surface area contributed by atoms with Crippen molar-refractivity contribution in [3.05, 3.63) is 41.9 Å². The SMILES string of the molecule is CCOc1ccc(NC(=O)Cn2ccnc2Cl)cc1. The maximum absolute atomic E-state index is 11.8. The molecule has 2 aromatic rings. The highest BCUT2D eigenvalue weighted by Gasteiger charge is 2.06. The molecule has 1 heterocycles. The molecule has 19 heavy (non-hydrogen) atoms. The molecule has 0 saturated heterocycles. The standard InChI is InChI=1S/C13H14ClN3O2/c1-2-19-11-5-3-10(4-6-11)16-12(18)9-17-8-7-15-13(17)14/h3-8H,2,9H2,1H3,(H,16,18). The van der Waals surface area contributed by atoms with Crippen molar-refractivity contribution in [2.75, 3.05) is 11.9 Å². The van der Waals surface area contributed by atoms with E-state index in [1.165, 1.54) is 0 Å². The number of nitrogens with one attached hydrogen (secondary N) is 1. The number of amides is 1. The lowest BCUT2D eigenvalue weighted by Crippen LogP contribution is -2.18. The van der Waals surface area contributed by atoms with Crippen LogP contribution >= 0.6 is 11.6 Å². The Hall–Kier alpha value is -2.01. The number of aromatic nitrogens is 2. The summed E-state index contributed by atoms with van der Waals surface area (Å²) in [6, 6.07) is 7.20. The van der Waals surface area contributed by atoms with Gasteiger partial charge < -0.3 is 14.6 Å². The van der Waals surface area contributed by atoms with Crippen molar-refractivity contribution in [3.8, 4) is 5.75 Å². The van der Waals surface area contributed by atoms with E-state index in [0.29, 0.717) is 17.6 Å². The van der Waals surface area contributed by atoms with Gasteiger partial charge in [0.1, 0.15) is 12.3 Å². The van der Waals surface area contributed by atoms with Gasteiger partial charge in [-0.25, -0.2) is 4.98 Å². The quantitative estimate of drug-likeness (QED) is 0.915. The molecular weight excluding hydrogens is 266 g/mol. The Morgan fingerprint density at radius 1 is 1.42 bits per heavy atom. The Bertz CT molecular complexity index is 551. The van der Waals surface area contributed by atoms with Crippen LogP contribution in [0, 0.1) is 0 Å². The van der Waals surface area contributed by atoms with Crippen LogP contribution in [0.1, 0.15) is 6.92 Å². The highest BCUT2D eigenvalue weighted by atomic mass is 35.5. The fourth-order valence-electron chi connectivity index (χ4n) is 1.59. The molecule has 1 N–H and O–H groups in total. The summed E-state index contributed by atoms with van der Waals surface area (Å²) in [5.74, 6) is 0.613. The van der Waals surface area contributed by atoms with Gasteiger partial charge in [-0.1, -0.05) is 0 Å². The van der Waals surface area contributed by atoms with Gasteiger partial charge in [-0.3, -0.25) is 4.79 Å². The number of carbonyl (C=O) groups is 1. The lowest BCUT2D eigenvalue weighted by molar-refractivity contribution is -0.116. The minimum Gasteiger partial charge on any atom is -0.494 e. The van der Waals surface area contributed by atoms with E-state index < -0.39 is 0 Å². The van der Waals surface area contributed by atoms with Gasteiger partial charge in [0.05, 0.1) is 6.61 Å². The molecule has 1 aromatic heterocycles. The molecule has 0 aliphatic rings. The molecule has 0 unspecified atom stereocenters. The third-order valence-corrected chi connectivity index (χ3v) is 2.74. The van der Waals surface area contributed by atoms with Crippen LogP contribution < -0.4 is 10.1 Å². The first-order valence-corrected chi connectivity index (χ1v) is 6.26. The zero-order valence-electron chi connectivity index (χ0n) is 10.5. The summed E-state index contributed by atoms with van der Waals surface area (Å²) in [5.41, 5.74) is 0.713. The molecule has 1 aromatic carbocycles. The van der Waals surface area contributed by atoms with E-state index in [1.807, 2.05) is 19.1 Å². The Labute approximate surface area is 116 Å². The van der Waals surface area contributed by atoms with Gasteiger partial charge in [-0.15, -0.1) is 0 Å². The summed E-state index contributed by atoms with van der Waals surface area (Å²) in [7, 11) is 0. The van der Waals surface area contributed by atoms with Crippen LogP contribution in [0.25, 0.3) is 0 Å². The van der Waals surface area contributed by atoms with E-state index in [-0.39, 0.29) is 12.5 Å². The first kappa shape index (κ1) is 13.4. The normalized spacial score (nSPS) is 10.2. The van der Waals surface area contributed by atoms with Crippen LogP contribution in [-0.4, -0.2) is 22.1 Å². The summed E-state index contributed by atoms with van der Waals surface area (Å²) in [6.45, 7) is 2.67. The molecule has 2 rings (SSSR count). The molecule has 0 saturated carbocycles. The Balaban J connectivity index is 1.93. The molecule has 0 fully saturated rings.